The van der Waals surface area contributed by atoms with Crippen LogP contribution in [0.1, 0.15) is 55.9 Å². The molecule has 1 aliphatic carbocycles. The number of carbonyl (C=O) groups excluding carboxylic acids is 2. The fourth-order valence-corrected chi connectivity index (χ4v) is 4.50. The largest absolute Gasteiger partial charge is 0.341 e. The lowest BCUT2D eigenvalue weighted by molar-refractivity contribution is -0.114. The first-order chi connectivity index (χ1) is 14.0. The molecule has 0 radical (unpaired) electrons. The topological polar surface area (TPSA) is 80.1 Å². The van der Waals surface area contributed by atoms with Gasteiger partial charge in [-0.25, -0.2) is 0 Å². The van der Waals surface area contributed by atoms with Gasteiger partial charge in [-0.15, -0.1) is 10.2 Å². The van der Waals surface area contributed by atoms with Crippen LogP contribution in [0, 0.1) is 5.92 Å². The second-order valence-electron chi connectivity index (χ2n) is 8.02. The molecule has 1 saturated carbocycles. The number of piperidine rings is 1. The molecule has 8 heteroatoms. The summed E-state index contributed by atoms with van der Waals surface area (Å²) in [6.07, 6.45) is 4.68. The second kappa shape index (κ2) is 8.57. The molecule has 1 amide bonds. The molecule has 154 valence electrons. The van der Waals surface area contributed by atoms with Crippen molar-refractivity contribution in [2.75, 3.05) is 29.1 Å². The Morgan fingerprint density at radius 2 is 1.79 bits per heavy atom. The number of aromatic nitrogens is 3. The second-order valence-corrected chi connectivity index (χ2v) is 8.97. The van der Waals surface area contributed by atoms with Gasteiger partial charge >= 0.3 is 0 Å². The van der Waals surface area contributed by atoms with Crippen molar-refractivity contribution in [3.8, 4) is 0 Å². The van der Waals surface area contributed by atoms with Crippen molar-refractivity contribution in [2.24, 2.45) is 5.92 Å². The molecule has 2 aromatic rings. The molecule has 0 atom stereocenters. The molecule has 1 saturated heterocycles. The van der Waals surface area contributed by atoms with Crippen LogP contribution in [0.2, 0.25) is 0 Å². The van der Waals surface area contributed by atoms with Crippen LogP contribution in [0.5, 0.6) is 0 Å². The number of anilines is 2. The molecule has 1 aliphatic heterocycles. The number of carbonyl (C=O) groups is 2. The molecule has 4 rings (SSSR count). The van der Waals surface area contributed by atoms with Crippen LogP contribution in [0.15, 0.2) is 29.4 Å². The van der Waals surface area contributed by atoms with Crippen molar-refractivity contribution in [2.45, 2.75) is 50.7 Å². The van der Waals surface area contributed by atoms with E-state index in [1.165, 1.54) is 31.5 Å². The van der Waals surface area contributed by atoms with Crippen LogP contribution in [-0.4, -0.2) is 45.3 Å². The third-order valence-electron chi connectivity index (χ3n) is 5.48. The Morgan fingerprint density at radius 1 is 1.10 bits per heavy atom. The van der Waals surface area contributed by atoms with Gasteiger partial charge in [0.1, 0.15) is 0 Å². The van der Waals surface area contributed by atoms with E-state index in [0.717, 1.165) is 43.0 Å². The summed E-state index contributed by atoms with van der Waals surface area (Å²) in [6, 6.07) is 7.47. The molecule has 0 spiro atoms. The molecule has 2 aliphatic rings. The van der Waals surface area contributed by atoms with Crippen molar-refractivity contribution >= 4 is 35.1 Å². The quantitative estimate of drug-likeness (QED) is 0.550. The van der Waals surface area contributed by atoms with E-state index in [1.807, 2.05) is 0 Å². The molecule has 2 heterocycles. The summed E-state index contributed by atoms with van der Waals surface area (Å²) in [7, 11) is 0. The first-order valence-electron chi connectivity index (χ1n) is 10.2. The standard InChI is InChI=1S/C21H27N5O2S/c1-14-9-11-25(12-10-14)20-23-24-21(26(20)18-7-8-18)29-13-19(28)16-3-5-17(6-4-16)22-15(2)27/h3-6,14,18H,7-13H2,1-2H3,(H,22,27). The van der Waals surface area contributed by atoms with E-state index >= 15 is 0 Å². The first kappa shape index (κ1) is 19.9. The summed E-state index contributed by atoms with van der Waals surface area (Å²) in [5.41, 5.74) is 1.32. The van der Waals surface area contributed by atoms with Gasteiger partial charge in [-0.3, -0.25) is 14.2 Å². The highest BCUT2D eigenvalue weighted by molar-refractivity contribution is 7.99. The Balaban J connectivity index is 1.42. The lowest BCUT2D eigenvalue weighted by Crippen LogP contribution is -2.34. The molecule has 2 fully saturated rings. The number of nitrogens with zero attached hydrogens (tertiary/aromatic N) is 4. The summed E-state index contributed by atoms with van der Waals surface area (Å²) < 4.78 is 2.24. The first-order valence-corrected chi connectivity index (χ1v) is 11.2. The van der Waals surface area contributed by atoms with E-state index in [1.54, 1.807) is 24.3 Å². The molecule has 7 nitrogen and oxygen atoms in total. The van der Waals surface area contributed by atoms with Crippen molar-refractivity contribution in [1.29, 1.82) is 0 Å². The van der Waals surface area contributed by atoms with E-state index in [2.05, 4.69) is 31.9 Å². The van der Waals surface area contributed by atoms with Gasteiger partial charge in [0.25, 0.3) is 0 Å². The van der Waals surface area contributed by atoms with Gasteiger partial charge in [0, 0.05) is 37.3 Å². The molecule has 1 N–H and O–H groups in total. The Hall–Kier alpha value is -2.35. The fraction of sp³-hybridized carbons (Fsp3) is 0.524. The zero-order chi connectivity index (χ0) is 20.4. The Kier molecular flexibility index (Phi) is 5.89. The number of hydrogen-bond donors (Lipinski definition) is 1. The lowest BCUT2D eigenvalue weighted by atomic mass is 10.00. The van der Waals surface area contributed by atoms with E-state index in [9.17, 15) is 9.59 Å². The van der Waals surface area contributed by atoms with Crippen LogP contribution in [-0.2, 0) is 4.79 Å². The van der Waals surface area contributed by atoms with Crippen molar-refractivity contribution in [3.63, 3.8) is 0 Å². The van der Waals surface area contributed by atoms with Crippen molar-refractivity contribution < 1.29 is 9.59 Å². The molecule has 0 bridgehead atoms. The number of hydrogen-bond acceptors (Lipinski definition) is 6. The summed E-state index contributed by atoms with van der Waals surface area (Å²) in [6.45, 7) is 5.82. The maximum Gasteiger partial charge on any atom is 0.228 e. The molecule has 0 unspecified atom stereocenters. The average Bonchev–Trinajstić information content (AvgIpc) is 3.46. The fourth-order valence-electron chi connectivity index (χ4n) is 3.60. The van der Waals surface area contributed by atoms with E-state index in [-0.39, 0.29) is 11.7 Å². The van der Waals surface area contributed by atoms with Gasteiger partial charge in [-0.05, 0) is 55.9 Å². The zero-order valence-corrected chi connectivity index (χ0v) is 17.7. The monoisotopic (exact) mass is 413 g/mol. The highest BCUT2D eigenvalue weighted by atomic mass is 32.2. The molecule has 1 aromatic carbocycles. The predicted molar refractivity (Wildman–Crippen MR) is 115 cm³/mol. The summed E-state index contributed by atoms with van der Waals surface area (Å²) in [5, 5.41) is 12.4. The zero-order valence-electron chi connectivity index (χ0n) is 16.9. The molecular formula is C21H27N5O2S. The molecule has 1 aromatic heterocycles. The number of Topliss-reactive ketones (excluding diaryl/α,β-unsaturated/α-hetero) is 1. The highest BCUT2D eigenvalue weighted by Crippen LogP contribution is 2.41. The van der Waals surface area contributed by atoms with Crippen molar-refractivity contribution in [3.05, 3.63) is 29.8 Å². The number of nitrogens with one attached hydrogen (secondary N) is 1. The van der Waals surface area contributed by atoms with Gasteiger partial charge in [0.15, 0.2) is 10.9 Å². The Labute approximate surface area is 175 Å². The van der Waals surface area contributed by atoms with E-state index in [0.29, 0.717) is 23.0 Å². The number of rotatable bonds is 7. The highest BCUT2D eigenvalue weighted by Gasteiger charge is 2.32. The summed E-state index contributed by atoms with van der Waals surface area (Å²) >= 11 is 1.46. The maximum atomic E-state index is 12.6. The van der Waals surface area contributed by atoms with Gasteiger partial charge in [-0.2, -0.15) is 0 Å². The third kappa shape index (κ3) is 4.80. The maximum absolute atomic E-state index is 12.6. The summed E-state index contributed by atoms with van der Waals surface area (Å²) in [5.74, 6) is 1.98. The average molecular weight is 414 g/mol. The smallest absolute Gasteiger partial charge is 0.228 e. The number of ketones is 1. The third-order valence-corrected chi connectivity index (χ3v) is 6.43. The number of benzene rings is 1. The minimum absolute atomic E-state index is 0.0445. The van der Waals surface area contributed by atoms with Gasteiger partial charge < -0.3 is 10.2 Å². The molecular weight excluding hydrogens is 386 g/mol. The van der Waals surface area contributed by atoms with Crippen LogP contribution >= 0.6 is 11.8 Å². The van der Waals surface area contributed by atoms with Crippen LogP contribution in [0.4, 0.5) is 11.6 Å². The van der Waals surface area contributed by atoms with E-state index < -0.39 is 0 Å². The number of amides is 1. The van der Waals surface area contributed by atoms with Crippen molar-refractivity contribution in [1.82, 2.24) is 14.8 Å². The molecule has 29 heavy (non-hydrogen) atoms. The van der Waals surface area contributed by atoms with Crippen LogP contribution < -0.4 is 10.2 Å². The van der Waals surface area contributed by atoms with Gasteiger partial charge in [0.05, 0.1) is 5.75 Å². The Bertz CT molecular complexity index is 883. The SMILES string of the molecule is CC(=O)Nc1ccc(C(=O)CSc2nnc(N3CCC(C)CC3)n2C2CC2)cc1. The van der Waals surface area contributed by atoms with Gasteiger partial charge in [-0.1, -0.05) is 18.7 Å². The Morgan fingerprint density at radius 3 is 2.41 bits per heavy atom. The minimum atomic E-state index is -0.127. The van der Waals surface area contributed by atoms with Gasteiger partial charge in [0.2, 0.25) is 11.9 Å². The number of thioether (sulfide) groups is 1. The normalized spacial score (nSPS) is 17.4. The van der Waals surface area contributed by atoms with Crippen LogP contribution in [0.3, 0.4) is 0 Å². The van der Waals surface area contributed by atoms with E-state index in [4.69, 9.17) is 0 Å². The summed E-state index contributed by atoms with van der Waals surface area (Å²) in [4.78, 5) is 26.1. The predicted octanol–water partition coefficient (Wildman–Crippen LogP) is 3.78. The van der Waals surface area contributed by atoms with Crippen LogP contribution in [0.25, 0.3) is 0 Å². The lowest BCUT2D eigenvalue weighted by Gasteiger charge is -2.31. The minimum Gasteiger partial charge on any atom is -0.341 e.